The minimum Gasteiger partial charge on any atom is -0.508 e. The van der Waals surface area contributed by atoms with Crippen LogP contribution >= 0.6 is 12.3 Å². The van der Waals surface area contributed by atoms with Gasteiger partial charge in [0, 0.05) is 39.4 Å². The summed E-state index contributed by atoms with van der Waals surface area (Å²) in [6.07, 6.45) is 12.0. The molecule has 4 heterocycles. The van der Waals surface area contributed by atoms with Crippen molar-refractivity contribution in [3.63, 3.8) is 0 Å². The summed E-state index contributed by atoms with van der Waals surface area (Å²) in [7, 11) is 5.23. The number of methoxy groups -OCH3 is 4. The molecule has 0 aliphatic rings. The van der Waals surface area contributed by atoms with E-state index >= 15 is 0 Å². The number of aromatic nitrogens is 12. The average molecular weight is 1460 g/mol. The minimum atomic E-state index is -0.520. The second kappa shape index (κ2) is 38.7. The first-order chi connectivity index (χ1) is 51.4. The lowest BCUT2D eigenvalue weighted by Crippen LogP contribution is -2.13. The molecule has 0 radical (unpaired) electrons. The van der Waals surface area contributed by atoms with Crippen molar-refractivity contribution in [3.05, 3.63) is 293 Å². The number of carbonyl (C=O) groups excluding carboxylic acids is 7. The highest BCUT2D eigenvalue weighted by Crippen LogP contribution is 2.25. The summed E-state index contributed by atoms with van der Waals surface area (Å²) in [4.78, 5) is 105. The van der Waals surface area contributed by atoms with Gasteiger partial charge in [-0.25, -0.2) is 57.8 Å². The molecule has 8 N–H and O–H groups in total. The lowest BCUT2D eigenvalue weighted by Gasteiger charge is -2.11. The van der Waals surface area contributed by atoms with E-state index in [4.69, 9.17) is 34.8 Å². The van der Waals surface area contributed by atoms with Crippen LogP contribution in [-0.2, 0) is 61.1 Å². The second-order valence-corrected chi connectivity index (χ2v) is 22.5. The molecule has 0 aliphatic carbocycles. The van der Waals surface area contributed by atoms with Crippen molar-refractivity contribution in [2.75, 3.05) is 50.1 Å². The summed E-state index contributed by atoms with van der Waals surface area (Å²) in [6.45, 7) is 2.09. The van der Waals surface area contributed by atoms with E-state index in [1.807, 2.05) is 30.3 Å². The fourth-order valence-corrected chi connectivity index (χ4v) is 9.97. The molecular formula is C72H67N17O16S. The number of benzene rings is 8. The number of anilines is 4. The molecule has 12 rings (SSSR count). The number of ether oxygens (including phenoxy) is 5. The molecular weight excluding hydrogens is 1390 g/mol. The van der Waals surface area contributed by atoms with Gasteiger partial charge in [-0.3, -0.25) is 14.4 Å². The minimum absolute atomic E-state index is 0.0735. The highest BCUT2D eigenvalue weighted by Gasteiger charge is 2.18. The number of nitrogens with zero attached hydrogens (tertiary/aromatic N) is 12. The quantitative estimate of drug-likeness (QED) is 0.00591. The van der Waals surface area contributed by atoms with Crippen LogP contribution in [0.25, 0.3) is 0 Å². The molecule has 106 heavy (non-hydrogen) atoms. The number of rotatable bonds is 25. The average Bonchev–Trinajstić information content (AvgIpc) is 1.01. The predicted octanol–water partition coefficient (Wildman–Crippen LogP) is 8.84. The largest absolute Gasteiger partial charge is 0.508 e. The number of hydrogen-bond acceptors (Lipinski definition) is 27. The molecule has 12 aromatic rings. The van der Waals surface area contributed by atoms with E-state index < -0.39 is 23.9 Å². The summed E-state index contributed by atoms with van der Waals surface area (Å²) in [6, 6.07) is 48.9. The normalized spacial score (nSPS) is 10.4. The van der Waals surface area contributed by atoms with Gasteiger partial charge in [-0.05, 0) is 173 Å². The van der Waals surface area contributed by atoms with Gasteiger partial charge in [0.15, 0.2) is 0 Å². The van der Waals surface area contributed by atoms with Gasteiger partial charge in [-0.1, -0.05) is 30.3 Å². The van der Waals surface area contributed by atoms with Crippen LogP contribution in [0.4, 0.5) is 22.7 Å². The molecule has 8 aromatic carbocycles. The summed E-state index contributed by atoms with van der Waals surface area (Å²) in [5, 5.41) is 33.8. The highest BCUT2D eigenvalue weighted by molar-refractivity contribution is 7.90. The number of hydrogen-bond donors (Lipinski definition) is 6. The van der Waals surface area contributed by atoms with Crippen LogP contribution in [0.3, 0.4) is 0 Å². The molecule has 542 valence electrons. The Morgan fingerprint density at radius 1 is 0.406 bits per heavy atom. The van der Waals surface area contributed by atoms with Crippen molar-refractivity contribution in [2.45, 2.75) is 32.8 Å². The van der Waals surface area contributed by atoms with Crippen LogP contribution < -0.4 is 36.5 Å². The van der Waals surface area contributed by atoms with Crippen molar-refractivity contribution in [1.82, 2.24) is 59.1 Å². The number of aromatic hydroxyl groups is 1. The van der Waals surface area contributed by atoms with Crippen LogP contribution in [0.1, 0.15) is 100 Å². The number of phenolic OH excluding ortho intramolecular Hbond substituents is 1. The first kappa shape index (κ1) is 76.2. The van der Waals surface area contributed by atoms with Gasteiger partial charge >= 0.3 is 23.9 Å². The monoisotopic (exact) mass is 1460 g/mol. The van der Waals surface area contributed by atoms with E-state index in [0.717, 1.165) is 27.8 Å². The van der Waals surface area contributed by atoms with Crippen LogP contribution in [-0.4, -0.2) is 134 Å². The topological polar surface area (TPSA) is 425 Å². The van der Waals surface area contributed by atoms with Crippen LogP contribution in [0.2, 0.25) is 0 Å². The predicted molar refractivity (Wildman–Crippen MR) is 382 cm³/mol. The van der Waals surface area contributed by atoms with Crippen molar-refractivity contribution >= 4 is 76.7 Å². The van der Waals surface area contributed by atoms with Crippen LogP contribution in [0.5, 0.6) is 17.2 Å². The molecule has 0 atom stereocenters. The van der Waals surface area contributed by atoms with E-state index in [2.05, 4.69) is 70.3 Å². The van der Waals surface area contributed by atoms with Gasteiger partial charge in [0.25, 0.3) is 30.0 Å². The first-order valence-corrected chi connectivity index (χ1v) is 32.0. The smallest absolute Gasteiger partial charge is 0.337 e. The van der Waals surface area contributed by atoms with Gasteiger partial charge in [0.2, 0.25) is 0 Å². The molecule has 0 spiro atoms. The van der Waals surface area contributed by atoms with E-state index in [-0.39, 0.29) is 23.5 Å². The molecule has 0 fully saturated rings. The summed E-state index contributed by atoms with van der Waals surface area (Å²) < 4.78 is 40.7. The fourth-order valence-electron chi connectivity index (χ4n) is 9.72. The molecule has 0 aliphatic heterocycles. The van der Waals surface area contributed by atoms with Crippen molar-refractivity contribution in [2.24, 2.45) is 5.90 Å². The van der Waals surface area contributed by atoms with Gasteiger partial charge in [0.05, 0.1) is 76.9 Å². The van der Waals surface area contributed by atoms with Gasteiger partial charge in [0.1, 0.15) is 74.5 Å². The van der Waals surface area contributed by atoms with E-state index in [9.17, 15) is 38.7 Å². The third-order valence-corrected chi connectivity index (χ3v) is 14.9. The van der Waals surface area contributed by atoms with Crippen LogP contribution in [0, 0.1) is 0 Å². The molecule has 3 amide bonds. The Balaban J connectivity index is 0.000000167. The van der Waals surface area contributed by atoms with Crippen molar-refractivity contribution in [3.8, 4) is 17.2 Å². The maximum Gasteiger partial charge on any atom is 0.337 e. The fraction of sp³-hybridized carbons (Fsp3) is 0.125. The molecule has 34 heteroatoms. The molecule has 4 aromatic heterocycles. The van der Waals surface area contributed by atoms with Gasteiger partial charge in [-0.2, -0.15) is 26.3 Å². The molecule has 0 saturated heterocycles. The Labute approximate surface area is 608 Å². The van der Waals surface area contributed by atoms with E-state index in [1.165, 1.54) is 90.1 Å². The number of esters is 4. The Hall–Kier alpha value is -14.0. The molecule has 0 unspecified atom stereocenters. The third-order valence-electron chi connectivity index (χ3n) is 14.5. The number of nitrogens with one attached hydrogen (secondary N) is 3. The van der Waals surface area contributed by atoms with Crippen molar-refractivity contribution < 1.29 is 75.9 Å². The van der Waals surface area contributed by atoms with E-state index in [1.54, 1.807) is 153 Å². The summed E-state index contributed by atoms with van der Waals surface area (Å²) >= 11 is 0.529. The summed E-state index contributed by atoms with van der Waals surface area (Å²) in [5.41, 5.74) is 14.4. The number of nitrogen functional groups attached to an aromatic ring is 1. The van der Waals surface area contributed by atoms with Crippen molar-refractivity contribution in [1.29, 1.82) is 0 Å². The number of phenols is 1. The maximum atomic E-state index is 12.8. The van der Waals surface area contributed by atoms with Crippen LogP contribution in [0.15, 0.2) is 227 Å². The Morgan fingerprint density at radius 2 is 0.745 bits per heavy atom. The standard InChI is InChI=1S/C25H22N4O4.C18H17N5O6S.C18H16N4O4.C11H12N4O2/c1-32-25(31)21-11-19(14-29-17-26-16-27-29)12-22(13-21)28-24(30)20-7-9-23(10-8-20)33-15-18-5-3-2-4-6-18;1-26-18(25)14-6-12(9-23-11-20-10-21-23)7-15(8-14)22-17(24)13-2-4-16(5-3-13)27-30-29-28-19;1-26-18(25)14-6-12(9-22-11-19-10-20-22)7-15(8-14)21-17(24)13-2-4-16(23)5-3-13;1-17-11(16)9-2-8(3-10(12)4-9)5-15-7-13-6-14-15/h2-13,16-17H,14-15H2,1H3,(H,28,30);2-8,10-11H,9,19H2,1H3,(H,22,24);2-8,10-11,23H,9H2,1H3,(H,21,24);2-4,6-7H,5,12H2,1H3. The second-order valence-electron chi connectivity index (χ2n) is 22.1. The lowest BCUT2D eigenvalue weighted by atomic mass is 10.1. The zero-order chi connectivity index (χ0) is 75.2. The molecule has 33 nitrogen and oxygen atoms in total. The zero-order valence-corrected chi connectivity index (χ0v) is 57.7. The Kier molecular flexibility index (Phi) is 27.9. The highest BCUT2D eigenvalue weighted by atomic mass is 32.2. The maximum absolute atomic E-state index is 12.8. The third kappa shape index (κ3) is 23.6. The van der Waals surface area contributed by atoms with E-state index in [0.29, 0.717) is 118 Å². The Bertz CT molecular complexity index is 4870. The number of carbonyl (C=O) groups is 7. The van der Waals surface area contributed by atoms with Gasteiger partial charge in [-0.15, -0.1) is 9.32 Å². The Morgan fingerprint density at radius 3 is 1.08 bits per heavy atom. The molecule has 0 saturated carbocycles. The van der Waals surface area contributed by atoms with Gasteiger partial charge < -0.3 is 54.7 Å². The SMILES string of the molecule is COC(=O)c1cc(Cn2cncn2)cc(NC(=O)c2ccc(O)cc2)c1.COC(=O)c1cc(Cn2cncn2)cc(NC(=O)c2ccc(OCc3ccccc3)cc2)c1.COC(=O)c1cc(Cn2cncn2)cc(NC(=O)c2ccc(OSOON)cc2)c1.COC(=O)c1cc(N)cc(Cn2cncn2)c1. The lowest BCUT2D eigenvalue weighted by molar-refractivity contribution is -0.199. The molecule has 0 bridgehead atoms. The zero-order valence-electron chi connectivity index (χ0n) is 56.9. The summed E-state index contributed by atoms with van der Waals surface area (Å²) in [5.74, 6) is 2.90. The number of amides is 3. The number of nitrogens with two attached hydrogens (primary N) is 2. The first-order valence-electron chi connectivity index (χ1n) is 31.3.